The first-order valence-electron chi connectivity index (χ1n) is 10.6. The van der Waals surface area contributed by atoms with E-state index in [1.54, 1.807) is 27.7 Å². The van der Waals surface area contributed by atoms with Crippen molar-refractivity contribution in [2.75, 3.05) is 26.4 Å². The molecule has 0 spiro atoms. The maximum atomic E-state index is 13.5. The van der Waals surface area contributed by atoms with Crippen LogP contribution in [0.5, 0.6) is 0 Å². The lowest BCUT2D eigenvalue weighted by Gasteiger charge is -2.60. The topological polar surface area (TPSA) is 137 Å². The normalized spacial score (nSPS) is 34.7. The molecule has 3 heterocycles. The minimum Gasteiger partial charge on any atom is -0.465 e. The van der Waals surface area contributed by atoms with E-state index in [1.165, 1.54) is 12.2 Å². The van der Waals surface area contributed by atoms with Crippen LogP contribution in [0.15, 0.2) is 23.5 Å². The second kappa shape index (κ2) is 9.29. The number of hydrogen-bond acceptors (Lipinski definition) is 10. The molecule has 1 fully saturated rings. The van der Waals surface area contributed by atoms with Gasteiger partial charge in [-0.2, -0.15) is 10.5 Å². The number of carbonyl (C=O) groups is 2. The van der Waals surface area contributed by atoms with E-state index in [0.29, 0.717) is 0 Å². The first kappa shape index (κ1) is 23.7. The van der Waals surface area contributed by atoms with Gasteiger partial charge in [0.1, 0.15) is 17.6 Å². The minimum atomic E-state index is -2.03. The van der Waals surface area contributed by atoms with Crippen LogP contribution in [0.2, 0.25) is 0 Å². The average molecular weight is 446 g/mol. The van der Waals surface area contributed by atoms with Crippen molar-refractivity contribution in [3.8, 4) is 12.1 Å². The molecule has 1 aliphatic carbocycles. The second-order valence-corrected chi connectivity index (χ2v) is 7.31. The highest BCUT2D eigenvalue weighted by atomic mass is 16.7. The van der Waals surface area contributed by atoms with Crippen molar-refractivity contribution in [1.82, 2.24) is 0 Å². The molecule has 10 heteroatoms. The van der Waals surface area contributed by atoms with E-state index in [2.05, 4.69) is 6.07 Å². The highest BCUT2D eigenvalue weighted by Gasteiger charge is 2.76. The predicted molar refractivity (Wildman–Crippen MR) is 106 cm³/mol. The van der Waals surface area contributed by atoms with Crippen molar-refractivity contribution in [3.05, 3.63) is 23.5 Å². The van der Waals surface area contributed by atoms with E-state index in [4.69, 9.17) is 28.4 Å². The van der Waals surface area contributed by atoms with Crippen LogP contribution in [0, 0.1) is 39.9 Å². The summed E-state index contributed by atoms with van der Waals surface area (Å²) in [6.45, 7) is 7.29. The van der Waals surface area contributed by atoms with Crippen molar-refractivity contribution in [1.29, 1.82) is 10.5 Å². The molecular formula is C22H26N2O8. The Morgan fingerprint density at radius 1 is 1.00 bits per heavy atom. The smallest absolute Gasteiger partial charge is 0.334 e. The molecule has 5 unspecified atom stereocenters. The highest BCUT2D eigenvalue weighted by Crippen LogP contribution is 2.62. The first-order chi connectivity index (χ1) is 15.4. The molecule has 6 atom stereocenters. The number of carbonyl (C=O) groups excluding carboxylic acids is 2. The third-order valence-corrected chi connectivity index (χ3v) is 5.80. The Kier molecular flexibility index (Phi) is 6.89. The van der Waals surface area contributed by atoms with Gasteiger partial charge < -0.3 is 28.4 Å². The van der Waals surface area contributed by atoms with Crippen LogP contribution in [-0.2, 0) is 38.0 Å². The molecule has 0 radical (unpaired) electrons. The first-order valence-corrected chi connectivity index (χ1v) is 10.6. The van der Waals surface area contributed by atoms with Crippen LogP contribution in [-0.4, -0.2) is 56.5 Å². The number of ether oxygens (including phenoxy) is 6. The van der Waals surface area contributed by atoms with E-state index < -0.39 is 47.4 Å². The molecule has 0 saturated carbocycles. The zero-order valence-electron chi connectivity index (χ0n) is 18.5. The van der Waals surface area contributed by atoms with E-state index in [-0.39, 0.29) is 37.8 Å². The number of hydrogen-bond donors (Lipinski definition) is 0. The Morgan fingerprint density at radius 3 is 2.22 bits per heavy atom. The van der Waals surface area contributed by atoms with Crippen molar-refractivity contribution >= 4 is 11.9 Å². The Hall–Kier alpha value is -2.92. The van der Waals surface area contributed by atoms with E-state index in [1.807, 2.05) is 6.07 Å². The van der Waals surface area contributed by atoms with Gasteiger partial charge in [-0.25, -0.2) is 4.79 Å². The molecule has 1 saturated heterocycles. The molecular weight excluding hydrogens is 420 g/mol. The van der Waals surface area contributed by atoms with Gasteiger partial charge in [-0.3, -0.25) is 4.79 Å². The summed E-state index contributed by atoms with van der Waals surface area (Å²) in [4.78, 5) is 26.4. The van der Waals surface area contributed by atoms with Crippen molar-refractivity contribution in [2.24, 2.45) is 17.3 Å². The van der Waals surface area contributed by atoms with Gasteiger partial charge in [0.25, 0.3) is 0 Å². The summed E-state index contributed by atoms with van der Waals surface area (Å²) >= 11 is 0. The molecule has 4 aliphatic rings. The number of allylic oxidation sites excluding steroid dienone is 1. The molecule has 0 aromatic rings. The van der Waals surface area contributed by atoms with Gasteiger partial charge in [0.05, 0.1) is 25.0 Å². The lowest BCUT2D eigenvalue weighted by molar-refractivity contribution is -0.321. The summed E-state index contributed by atoms with van der Waals surface area (Å²) < 4.78 is 33.9. The zero-order chi connectivity index (χ0) is 23.5. The summed E-state index contributed by atoms with van der Waals surface area (Å²) in [7, 11) is 0. The molecule has 4 rings (SSSR count). The molecule has 172 valence electrons. The summed E-state index contributed by atoms with van der Waals surface area (Å²) in [5.41, 5.74) is -3.71. The van der Waals surface area contributed by atoms with Crippen LogP contribution >= 0.6 is 0 Å². The fourth-order valence-corrected chi connectivity index (χ4v) is 4.71. The fourth-order valence-electron chi connectivity index (χ4n) is 4.71. The van der Waals surface area contributed by atoms with Gasteiger partial charge in [-0.05, 0) is 39.8 Å². The van der Waals surface area contributed by atoms with Crippen LogP contribution in [0.4, 0.5) is 0 Å². The van der Waals surface area contributed by atoms with Gasteiger partial charge in [0, 0.05) is 18.8 Å². The molecule has 0 amide bonds. The van der Waals surface area contributed by atoms with Gasteiger partial charge in [0.2, 0.25) is 6.29 Å². The second-order valence-electron chi connectivity index (χ2n) is 7.31. The maximum absolute atomic E-state index is 13.5. The number of rotatable bonds is 8. The van der Waals surface area contributed by atoms with E-state index >= 15 is 0 Å². The summed E-state index contributed by atoms with van der Waals surface area (Å²) in [5, 5.41) is 19.9. The molecule has 3 aliphatic heterocycles. The van der Waals surface area contributed by atoms with Crippen LogP contribution < -0.4 is 0 Å². The molecule has 2 bridgehead atoms. The Balaban J connectivity index is 2.36. The SMILES string of the molecule is CCOC(=O)C1=CC2(C#N)OC(OCC)C1C1[C@@H](OCC)OC(C#N)=CC12C(=O)OCC. The van der Waals surface area contributed by atoms with E-state index in [0.717, 1.165) is 0 Å². The largest absolute Gasteiger partial charge is 0.465 e. The lowest BCUT2D eigenvalue weighted by Crippen LogP contribution is -2.72. The van der Waals surface area contributed by atoms with Crippen LogP contribution in [0.3, 0.4) is 0 Å². The molecule has 0 aromatic heterocycles. The Labute approximate surface area is 186 Å². The fraction of sp³-hybridized carbons (Fsp3) is 0.636. The minimum absolute atomic E-state index is 0.0265. The average Bonchev–Trinajstić information content (AvgIpc) is 2.79. The van der Waals surface area contributed by atoms with Gasteiger partial charge in [0.15, 0.2) is 17.7 Å². The number of esters is 2. The number of nitrogens with zero attached hydrogens (tertiary/aromatic N) is 2. The summed E-state index contributed by atoms with van der Waals surface area (Å²) in [6.07, 6.45) is 0.340. The van der Waals surface area contributed by atoms with Crippen LogP contribution in [0.25, 0.3) is 0 Å². The molecule has 10 nitrogen and oxygen atoms in total. The third-order valence-electron chi connectivity index (χ3n) is 5.80. The number of nitriles is 2. The van der Waals surface area contributed by atoms with Gasteiger partial charge in [-0.1, -0.05) is 0 Å². The maximum Gasteiger partial charge on any atom is 0.334 e. The van der Waals surface area contributed by atoms with Crippen molar-refractivity contribution in [2.45, 2.75) is 45.9 Å². The third kappa shape index (κ3) is 3.36. The Morgan fingerprint density at radius 2 is 1.66 bits per heavy atom. The van der Waals surface area contributed by atoms with Crippen molar-refractivity contribution in [3.63, 3.8) is 0 Å². The lowest BCUT2D eigenvalue weighted by atomic mass is 9.51. The zero-order valence-corrected chi connectivity index (χ0v) is 18.5. The predicted octanol–water partition coefficient (Wildman–Crippen LogP) is 1.73. The highest BCUT2D eigenvalue weighted by molar-refractivity contribution is 5.93. The molecule has 32 heavy (non-hydrogen) atoms. The monoisotopic (exact) mass is 446 g/mol. The van der Waals surface area contributed by atoms with E-state index in [9.17, 15) is 20.1 Å². The Bertz CT molecular complexity index is 916. The van der Waals surface area contributed by atoms with Crippen molar-refractivity contribution < 1.29 is 38.0 Å². The summed E-state index contributed by atoms with van der Waals surface area (Å²) in [6, 6.07) is 3.94. The quantitative estimate of drug-likeness (QED) is 0.507. The standard InChI is InChI=1S/C22H26N2O8/c1-5-27-17(25)14-10-21(12-24)22(20(26)30-8-4)9-13(11-23)31-19(29-7-3)16(22)15(14)18(32-21)28-6-2/h9-10,15-16,18-19H,5-8H2,1-4H3/t15?,16?,18?,19-,21?,22?/m0/s1. The van der Waals surface area contributed by atoms with Crippen LogP contribution in [0.1, 0.15) is 27.7 Å². The van der Waals surface area contributed by atoms with Gasteiger partial charge >= 0.3 is 11.9 Å². The number of fused-ring (bicyclic) bond motifs is 1. The summed E-state index contributed by atoms with van der Waals surface area (Å²) in [5.74, 6) is -3.51. The molecule has 0 N–H and O–H groups in total. The van der Waals surface area contributed by atoms with Gasteiger partial charge in [-0.15, -0.1) is 0 Å². The molecule has 0 aromatic carbocycles.